The van der Waals surface area contributed by atoms with E-state index in [0.717, 1.165) is 12.1 Å². The second kappa shape index (κ2) is 10.5. The van der Waals surface area contributed by atoms with Crippen molar-refractivity contribution in [3.05, 3.63) is 94.0 Å². The topological polar surface area (TPSA) is 224 Å². The highest BCUT2D eigenvalue weighted by atomic mass is 16.4. The van der Waals surface area contributed by atoms with Gasteiger partial charge in [-0.2, -0.15) is 0 Å². The summed E-state index contributed by atoms with van der Waals surface area (Å²) in [4.78, 5) is 66.3. The predicted molar refractivity (Wildman–Crippen MR) is 130 cm³/mol. The fraction of sp³-hybridized carbons (Fsp3) is 0. The van der Waals surface area contributed by atoms with Crippen LogP contribution in [-0.4, -0.2) is 66.5 Å². The van der Waals surface area contributed by atoms with Gasteiger partial charge in [0.05, 0.1) is 33.4 Å². The average Bonchev–Trinajstić information content (AvgIpc) is 2.86. The molecule has 0 aliphatic carbocycles. The molecule has 0 heterocycles. The molecule has 0 atom stereocenters. The summed E-state index contributed by atoms with van der Waals surface area (Å²) in [6.45, 7) is 0. The molecule has 0 saturated carbocycles. The summed E-state index contributed by atoms with van der Waals surface area (Å²) in [5.74, 6) is -7.91. The van der Waals surface area contributed by atoms with Gasteiger partial charge in [-0.15, -0.1) is 0 Å². The number of carbonyl (C=O) groups is 6. The lowest BCUT2D eigenvalue weighted by molar-refractivity contribution is 0.0651. The van der Waals surface area contributed by atoms with Crippen LogP contribution in [0.3, 0.4) is 0 Å². The summed E-state index contributed by atoms with van der Waals surface area (Å²) in [5, 5.41) is 54.9. The highest BCUT2D eigenvalue weighted by Gasteiger charge is 2.23. The first-order valence-electron chi connectivity index (χ1n) is 10.4. The molecule has 0 fully saturated rings. The molecule has 12 nitrogen and oxygen atoms in total. The van der Waals surface area contributed by atoms with Crippen molar-refractivity contribution in [2.75, 3.05) is 0 Å². The molecule has 0 amide bonds. The normalized spacial score (nSPS) is 10.3. The highest BCUT2D eigenvalue weighted by Crippen LogP contribution is 2.27. The molecule has 0 spiro atoms. The minimum atomic E-state index is -1.48. The highest BCUT2D eigenvalue weighted by molar-refractivity contribution is 6.16. The third-order valence-corrected chi connectivity index (χ3v) is 5.40. The van der Waals surface area contributed by atoms with Gasteiger partial charge in [-0.05, 0) is 51.9 Å². The van der Waals surface area contributed by atoms with Crippen molar-refractivity contribution in [3.63, 3.8) is 0 Å². The number of aromatic carboxylic acids is 6. The summed E-state index contributed by atoms with van der Waals surface area (Å²) < 4.78 is 0. The Morgan fingerprint density at radius 1 is 0.421 bits per heavy atom. The van der Waals surface area contributed by atoms with E-state index in [-0.39, 0.29) is 38.4 Å². The molecule has 12 heteroatoms. The van der Waals surface area contributed by atoms with Crippen LogP contribution in [0, 0.1) is 0 Å². The third-order valence-electron chi connectivity index (χ3n) is 5.40. The maximum absolute atomic E-state index is 11.2. The van der Waals surface area contributed by atoms with E-state index < -0.39 is 46.9 Å². The van der Waals surface area contributed by atoms with E-state index in [1.165, 1.54) is 42.5 Å². The monoisotopic (exact) mass is 520 g/mol. The Bertz CT molecular complexity index is 1680. The Labute approximate surface area is 211 Å². The SMILES string of the molecule is O=C(O)c1cc(C(=O)O)c2ccccc2c1C(=O)O.O=C(O)c1ccc2c(C(=O)O)cc(C(=O)O)cc2c1. The lowest BCUT2D eigenvalue weighted by Crippen LogP contribution is -2.12. The average molecular weight is 520 g/mol. The van der Waals surface area contributed by atoms with E-state index >= 15 is 0 Å². The number of carboxylic acids is 6. The Kier molecular flexibility index (Phi) is 7.38. The number of hydrogen-bond donors (Lipinski definition) is 6. The first-order valence-corrected chi connectivity index (χ1v) is 10.4. The molecular weight excluding hydrogens is 504 g/mol. The molecule has 0 aromatic heterocycles. The van der Waals surface area contributed by atoms with Gasteiger partial charge in [0.2, 0.25) is 0 Å². The lowest BCUT2D eigenvalue weighted by atomic mass is 9.94. The molecule has 0 aliphatic rings. The van der Waals surface area contributed by atoms with E-state index in [0.29, 0.717) is 5.39 Å². The molecule has 6 N–H and O–H groups in total. The fourth-order valence-corrected chi connectivity index (χ4v) is 3.75. The summed E-state index contributed by atoms with van der Waals surface area (Å²) in [6.07, 6.45) is 0. The first kappa shape index (κ1) is 26.8. The number of fused-ring (bicyclic) bond motifs is 2. The van der Waals surface area contributed by atoms with Gasteiger partial charge in [-0.25, -0.2) is 28.8 Å². The minimum absolute atomic E-state index is 0.0358. The van der Waals surface area contributed by atoms with Crippen molar-refractivity contribution in [1.82, 2.24) is 0 Å². The summed E-state index contributed by atoms with van der Waals surface area (Å²) in [6, 6.07) is 12.9. The number of rotatable bonds is 6. The molecule has 4 aromatic carbocycles. The Morgan fingerprint density at radius 3 is 1.42 bits per heavy atom. The van der Waals surface area contributed by atoms with Crippen LogP contribution in [0.1, 0.15) is 62.1 Å². The van der Waals surface area contributed by atoms with Crippen LogP contribution in [0.2, 0.25) is 0 Å². The molecule has 38 heavy (non-hydrogen) atoms. The second-order valence-electron chi connectivity index (χ2n) is 7.68. The van der Waals surface area contributed by atoms with E-state index in [9.17, 15) is 28.8 Å². The van der Waals surface area contributed by atoms with Gasteiger partial charge < -0.3 is 30.6 Å². The van der Waals surface area contributed by atoms with Gasteiger partial charge in [0.25, 0.3) is 0 Å². The van der Waals surface area contributed by atoms with Crippen LogP contribution in [0.4, 0.5) is 0 Å². The van der Waals surface area contributed by atoms with Gasteiger partial charge in [-0.3, -0.25) is 0 Å². The van der Waals surface area contributed by atoms with Crippen molar-refractivity contribution < 1.29 is 59.4 Å². The molecule has 0 saturated heterocycles. The number of hydrogen-bond acceptors (Lipinski definition) is 6. The van der Waals surface area contributed by atoms with Gasteiger partial charge in [0.1, 0.15) is 0 Å². The van der Waals surface area contributed by atoms with Crippen molar-refractivity contribution in [1.29, 1.82) is 0 Å². The van der Waals surface area contributed by atoms with E-state index in [2.05, 4.69) is 0 Å². The lowest BCUT2D eigenvalue weighted by Gasteiger charge is -2.09. The van der Waals surface area contributed by atoms with Crippen LogP contribution in [0.5, 0.6) is 0 Å². The van der Waals surface area contributed by atoms with Crippen LogP contribution in [0.15, 0.2) is 60.7 Å². The zero-order valence-corrected chi connectivity index (χ0v) is 18.9. The molecule has 0 radical (unpaired) electrons. The smallest absolute Gasteiger partial charge is 0.337 e. The largest absolute Gasteiger partial charge is 0.478 e. The maximum atomic E-state index is 11.2. The van der Waals surface area contributed by atoms with Gasteiger partial charge in [0.15, 0.2) is 0 Å². The molecule has 0 bridgehead atoms. The molecule has 4 aromatic rings. The van der Waals surface area contributed by atoms with Crippen molar-refractivity contribution in [2.45, 2.75) is 0 Å². The predicted octanol–water partition coefficient (Wildman–Crippen LogP) is 3.87. The van der Waals surface area contributed by atoms with Gasteiger partial charge in [-0.1, -0.05) is 30.3 Å². The van der Waals surface area contributed by atoms with Crippen LogP contribution < -0.4 is 0 Å². The fourth-order valence-electron chi connectivity index (χ4n) is 3.75. The molecule has 192 valence electrons. The van der Waals surface area contributed by atoms with Crippen molar-refractivity contribution in [3.8, 4) is 0 Å². The van der Waals surface area contributed by atoms with Crippen molar-refractivity contribution in [2.24, 2.45) is 0 Å². The van der Waals surface area contributed by atoms with Gasteiger partial charge >= 0.3 is 35.8 Å². The quantitative estimate of drug-likeness (QED) is 0.213. The minimum Gasteiger partial charge on any atom is -0.478 e. The van der Waals surface area contributed by atoms with Crippen LogP contribution in [-0.2, 0) is 0 Å². The summed E-state index contributed by atoms with van der Waals surface area (Å²) in [5.41, 5.74) is -1.60. The summed E-state index contributed by atoms with van der Waals surface area (Å²) >= 11 is 0. The Balaban J connectivity index is 0.000000211. The molecule has 0 unspecified atom stereocenters. The number of benzene rings is 4. The second-order valence-corrected chi connectivity index (χ2v) is 7.68. The van der Waals surface area contributed by atoms with E-state index in [4.69, 9.17) is 30.6 Å². The number of carboxylic acid groups (broad SMARTS) is 6. The Morgan fingerprint density at radius 2 is 0.921 bits per heavy atom. The standard InChI is InChI=1S/2C13H8O6/c14-11(15)6-1-2-9-7(3-6)4-8(12(16)17)5-10(9)13(18)19;14-11(15)8-5-9(12(16)17)10(13(18)19)7-4-2-1-3-6(7)8/h2*1-5H,(H,14,15)(H,16,17)(H,18,19). The maximum Gasteiger partial charge on any atom is 0.337 e. The molecular formula is C26H16O12. The van der Waals surface area contributed by atoms with E-state index in [1.54, 1.807) is 6.07 Å². The van der Waals surface area contributed by atoms with Crippen LogP contribution in [0.25, 0.3) is 21.5 Å². The molecule has 4 rings (SSSR count). The zero-order chi connectivity index (χ0) is 28.3. The van der Waals surface area contributed by atoms with Crippen LogP contribution >= 0.6 is 0 Å². The zero-order valence-electron chi connectivity index (χ0n) is 18.9. The molecule has 0 aliphatic heterocycles. The Hall–Kier alpha value is -5.78. The summed E-state index contributed by atoms with van der Waals surface area (Å²) in [7, 11) is 0. The van der Waals surface area contributed by atoms with Crippen molar-refractivity contribution >= 4 is 57.4 Å². The van der Waals surface area contributed by atoms with E-state index in [1.807, 2.05) is 0 Å². The first-order chi connectivity index (χ1) is 17.8. The van der Waals surface area contributed by atoms with Gasteiger partial charge in [0, 0.05) is 0 Å². The third kappa shape index (κ3) is 5.23.